The monoisotopic (exact) mass is 376 g/mol. The largest absolute Gasteiger partial charge is 0.503 e. The second-order valence-electron chi connectivity index (χ2n) is 7.26. The molecule has 136 valence electrons. The molecular weight excluding hydrogens is 356 g/mol. The van der Waals surface area contributed by atoms with Crippen molar-refractivity contribution >= 4 is 33.7 Å². The van der Waals surface area contributed by atoms with Gasteiger partial charge in [0, 0.05) is 11.4 Å². The molecule has 5 heteroatoms. The van der Waals surface area contributed by atoms with Gasteiger partial charge >= 0.3 is 0 Å². The standard InChI is InChI=1S/C22H20N2O2S/c25-21-19(18-10-9-14-5-1-4-8-17(14)23-18)20(15-11-12-27-13-15)24(22(21)26)16-6-2-3-7-16/h1,4-5,8-13,16,20,25H,2-3,6-7H2. The van der Waals surface area contributed by atoms with Crippen molar-refractivity contribution in [2.75, 3.05) is 0 Å². The van der Waals surface area contributed by atoms with Crippen molar-refractivity contribution in [3.63, 3.8) is 0 Å². The zero-order valence-corrected chi connectivity index (χ0v) is 15.7. The maximum Gasteiger partial charge on any atom is 0.290 e. The van der Waals surface area contributed by atoms with Gasteiger partial charge in [0.25, 0.3) is 5.91 Å². The SMILES string of the molecule is O=C1C(O)=C(c2ccc3ccccc3n2)C(c2ccsc2)N1C1CCCC1. The van der Waals surface area contributed by atoms with Gasteiger partial charge in [-0.3, -0.25) is 4.79 Å². The molecule has 2 aliphatic rings. The summed E-state index contributed by atoms with van der Waals surface area (Å²) < 4.78 is 0. The molecule has 3 heterocycles. The molecule has 3 aromatic rings. The predicted octanol–water partition coefficient (Wildman–Crippen LogP) is 5.09. The number of aliphatic hydroxyl groups is 1. The summed E-state index contributed by atoms with van der Waals surface area (Å²) in [5.74, 6) is -0.413. The Labute approximate surface area is 161 Å². The molecule has 0 spiro atoms. The van der Waals surface area contributed by atoms with Crippen LogP contribution in [0.2, 0.25) is 0 Å². The van der Waals surface area contributed by atoms with E-state index in [-0.39, 0.29) is 23.8 Å². The van der Waals surface area contributed by atoms with Crippen molar-refractivity contribution in [3.05, 3.63) is 70.2 Å². The summed E-state index contributed by atoms with van der Waals surface area (Å²) in [6, 6.07) is 13.8. The molecule has 27 heavy (non-hydrogen) atoms. The van der Waals surface area contributed by atoms with Crippen LogP contribution in [-0.4, -0.2) is 26.9 Å². The summed E-state index contributed by atoms with van der Waals surface area (Å²) in [5.41, 5.74) is 3.23. The molecule has 1 aliphatic carbocycles. The lowest BCUT2D eigenvalue weighted by Gasteiger charge is -2.31. The molecule has 1 aromatic carbocycles. The minimum absolute atomic E-state index is 0.152. The summed E-state index contributed by atoms with van der Waals surface area (Å²) in [5, 5.41) is 16.0. The highest BCUT2D eigenvalue weighted by atomic mass is 32.1. The summed E-state index contributed by atoms with van der Waals surface area (Å²) in [4.78, 5) is 19.7. The Bertz CT molecular complexity index is 1040. The number of thiophene rings is 1. The van der Waals surface area contributed by atoms with Crippen LogP contribution in [0.1, 0.15) is 43.0 Å². The number of pyridine rings is 1. The molecule has 5 rings (SSSR count). The van der Waals surface area contributed by atoms with E-state index in [2.05, 4.69) is 5.38 Å². The normalized spacial score (nSPS) is 21.0. The van der Waals surface area contributed by atoms with Crippen LogP contribution in [0.5, 0.6) is 0 Å². The highest BCUT2D eigenvalue weighted by molar-refractivity contribution is 7.08. The first-order valence-electron chi connectivity index (χ1n) is 9.38. The van der Waals surface area contributed by atoms with Gasteiger partial charge < -0.3 is 10.0 Å². The minimum atomic E-state index is -0.263. The van der Waals surface area contributed by atoms with Crippen LogP contribution in [0.4, 0.5) is 0 Å². The zero-order chi connectivity index (χ0) is 18.4. The number of carbonyl (C=O) groups is 1. The maximum absolute atomic E-state index is 13.0. The Morgan fingerprint density at radius 2 is 1.89 bits per heavy atom. The first-order valence-corrected chi connectivity index (χ1v) is 10.3. The molecular formula is C22H20N2O2S. The van der Waals surface area contributed by atoms with Crippen molar-refractivity contribution in [1.82, 2.24) is 9.88 Å². The molecule has 1 aliphatic heterocycles. The minimum Gasteiger partial charge on any atom is -0.503 e. The lowest BCUT2D eigenvalue weighted by molar-refractivity contribution is -0.131. The van der Waals surface area contributed by atoms with Gasteiger partial charge in [-0.25, -0.2) is 4.98 Å². The van der Waals surface area contributed by atoms with E-state index in [9.17, 15) is 9.90 Å². The molecule has 0 saturated heterocycles. The van der Waals surface area contributed by atoms with Gasteiger partial charge in [-0.15, -0.1) is 0 Å². The fraction of sp³-hybridized carbons (Fsp3) is 0.273. The Kier molecular flexibility index (Phi) is 3.97. The van der Waals surface area contributed by atoms with Crippen LogP contribution in [0, 0.1) is 0 Å². The number of para-hydroxylation sites is 1. The molecule has 1 N–H and O–H groups in total. The third-order valence-corrected chi connectivity index (χ3v) is 6.40. The number of fused-ring (bicyclic) bond motifs is 1. The highest BCUT2D eigenvalue weighted by Crippen LogP contribution is 2.46. The summed E-state index contributed by atoms with van der Waals surface area (Å²) in [6.07, 6.45) is 4.26. The number of rotatable bonds is 3. The van der Waals surface area contributed by atoms with E-state index < -0.39 is 0 Å². The van der Waals surface area contributed by atoms with Crippen LogP contribution in [-0.2, 0) is 4.79 Å². The van der Waals surface area contributed by atoms with E-state index in [0.717, 1.165) is 42.1 Å². The number of nitrogens with zero attached hydrogens (tertiary/aromatic N) is 2. The van der Waals surface area contributed by atoms with Crippen molar-refractivity contribution in [1.29, 1.82) is 0 Å². The van der Waals surface area contributed by atoms with Gasteiger partial charge in [0.1, 0.15) is 0 Å². The number of benzene rings is 1. The summed E-state index contributed by atoms with van der Waals surface area (Å²) in [7, 11) is 0. The van der Waals surface area contributed by atoms with Crippen LogP contribution in [0.25, 0.3) is 16.5 Å². The van der Waals surface area contributed by atoms with E-state index in [1.165, 1.54) is 0 Å². The average Bonchev–Trinajstić information content (AvgIpc) is 3.44. The van der Waals surface area contributed by atoms with Crippen molar-refractivity contribution < 1.29 is 9.90 Å². The van der Waals surface area contributed by atoms with Crippen molar-refractivity contribution in [2.24, 2.45) is 0 Å². The Balaban J connectivity index is 1.66. The maximum atomic E-state index is 13.0. The molecule has 1 amide bonds. The number of carbonyl (C=O) groups excluding carboxylic acids is 1. The van der Waals surface area contributed by atoms with Gasteiger partial charge in [-0.2, -0.15) is 11.3 Å². The van der Waals surface area contributed by atoms with Crippen molar-refractivity contribution in [3.8, 4) is 0 Å². The number of aromatic nitrogens is 1. The number of amides is 1. The molecule has 4 nitrogen and oxygen atoms in total. The zero-order valence-electron chi connectivity index (χ0n) is 14.8. The molecule has 0 bridgehead atoms. The second-order valence-corrected chi connectivity index (χ2v) is 8.04. The van der Waals surface area contributed by atoms with Gasteiger partial charge in [0.05, 0.1) is 22.8 Å². The van der Waals surface area contributed by atoms with Crippen LogP contribution >= 0.6 is 11.3 Å². The third-order valence-electron chi connectivity index (χ3n) is 5.70. The second kappa shape index (κ2) is 6.50. The highest BCUT2D eigenvalue weighted by Gasteiger charge is 2.45. The van der Waals surface area contributed by atoms with E-state index in [0.29, 0.717) is 11.3 Å². The summed E-state index contributed by atoms with van der Waals surface area (Å²) in [6.45, 7) is 0. The molecule has 1 fully saturated rings. The van der Waals surface area contributed by atoms with E-state index in [4.69, 9.17) is 4.98 Å². The van der Waals surface area contributed by atoms with Crippen LogP contribution in [0.15, 0.2) is 59.0 Å². The Morgan fingerprint density at radius 3 is 2.67 bits per heavy atom. The Hall–Kier alpha value is -2.66. The van der Waals surface area contributed by atoms with E-state index >= 15 is 0 Å². The van der Waals surface area contributed by atoms with E-state index in [1.807, 2.05) is 52.7 Å². The van der Waals surface area contributed by atoms with Gasteiger partial charge in [-0.1, -0.05) is 37.1 Å². The van der Waals surface area contributed by atoms with Gasteiger partial charge in [0.15, 0.2) is 5.76 Å². The topological polar surface area (TPSA) is 53.4 Å². The molecule has 1 saturated carbocycles. The van der Waals surface area contributed by atoms with Crippen molar-refractivity contribution in [2.45, 2.75) is 37.8 Å². The van der Waals surface area contributed by atoms with Crippen LogP contribution in [0.3, 0.4) is 0 Å². The fourth-order valence-corrected chi connectivity index (χ4v) is 5.10. The number of aliphatic hydroxyl groups excluding tert-OH is 1. The quantitative estimate of drug-likeness (QED) is 0.692. The summed E-state index contributed by atoms with van der Waals surface area (Å²) >= 11 is 1.61. The molecule has 2 aromatic heterocycles. The third kappa shape index (κ3) is 2.65. The van der Waals surface area contributed by atoms with Crippen LogP contribution < -0.4 is 0 Å². The number of hydrogen-bond acceptors (Lipinski definition) is 4. The van der Waals surface area contributed by atoms with E-state index in [1.54, 1.807) is 11.3 Å². The predicted molar refractivity (Wildman–Crippen MR) is 107 cm³/mol. The fourth-order valence-electron chi connectivity index (χ4n) is 4.42. The lowest BCUT2D eigenvalue weighted by Crippen LogP contribution is -2.38. The molecule has 1 atom stereocenters. The Morgan fingerprint density at radius 1 is 1.07 bits per heavy atom. The number of hydrogen-bond donors (Lipinski definition) is 1. The van der Waals surface area contributed by atoms with Gasteiger partial charge in [-0.05, 0) is 47.4 Å². The first kappa shape index (κ1) is 16.5. The average molecular weight is 376 g/mol. The molecule has 1 unspecified atom stereocenters. The lowest BCUT2D eigenvalue weighted by atomic mass is 9.97. The van der Waals surface area contributed by atoms with Gasteiger partial charge in [0.2, 0.25) is 0 Å². The molecule has 0 radical (unpaired) electrons. The first-order chi connectivity index (χ1) is 13.2. The smallest absolute Gasteiger partial charge is 0.290 e.